The number of nitrogens with one attached hydrogen (secondary N) is 1. The Kier molecular flexibility index (Phi) is 3.92. The normalized spacial score (nSPS) is 18.1. The zero-order valence-electron chi connectivity index (χ0n) is 10.7. The summed E-state index contributed by atoms with van der Waals surface area (Å²) in [5, 5.41) is 2.77. The second kappa shape index (κ2) is 5.17. The highest BCUT2D eigenvalue weighted by Crippen LogP contribution is 2.25. The molecule has 2 rings (SSSR count). The number of carbonyl (C=O) groups excluding carboxylic acids is 2. The lowest BCUT2D eigenvalue weighted by atomic mass is 9.97. The van der Waals surface area contributed by atoms with Crippen LogP contribution in [-0.2, 0) is 4.79 Å². The Morgan fingerprint density at radius 2 is 2.16 bits per heavy atom. The van der Waals surface area contributed by atoms with Gasteiger partial charge in [0, 0.05) is 22.5 Å². The number of nitrogens with zero attached hydrogens (tertiary/aromatic N) is 1. The van der Waals surface area contributed by atoms with Gasteiger partial charge in [0.1, 0.15) is 5.54 Å². The molecular weight excluding hydrogens is 328 g/mol. The predicted molar refractivity (Wildman–Crippen MR) is 79.5 cm³/mol. The van der Waals surface area contributed by atoms with Gasteiger partial charge in [-0.3, -0.25) is 9.59 Å². The first-order valence-corrected chi connectivity index (χ1v) is 7.17. The zero-order chi connectivity index (χ0) is 14.2. The van der Waals surface area contributed by atoms with Crippen LogP contribution in [0.3, 0.4) is 0 Å². The van der Waals surface area contributed by atoms with Crippen molar-refractivity contribution < 1.29 is 9.59 Å². The topological polar surface area (TPSA) is 49.4 Å². The van der Waals surface area contributed by atoms with E-state index in [1.54, 1.807) is 36.9 Å². The molecule has 0 aromatic heterocycles. The van der Waals surface area contributed by atoms with Gasteiger partial charge in [-0.15, -0.1) is 12.6 Å². The number of piperazine rings is 1. The Morgan fingerprint density at radius 3 is 2.79 bits per heavy atom. The number of benzene rings is 1. The number of hydrogen-bond donors (Lipinski definition) is 2. The van der Waals surface area contributed by atoms with Gasteiger partial charge in [-0.2, -0.15) is 0 Å². The first-order valence-electron chi connectivity index (χ1n) is 5.93. The lowest BCUT2D eigenvalue weighted by Crippen LogP contribution is -2.63. The molecular formula is C13H15BrN2O2S. The summed E-state index contributed by atoms with van der Waals surface area (Å²) in [7, 11) is 0. The van der Waals surface area contributed by atoms with Gasteiger partial charge in [0.05, 0.1) is 5.56 Å². The van der Waals surface area contributed by atoms with Gasteiger partial charge >= 0.3 is 0 Å². The van der Waals surface area contributed by atoms with Gasteiger partial charge in [-0.1, -0.05) is 15.9 Å². The molecule has 1 heterocycles. The number of thiol groups is 1. The van der Waals surface area contributed by atoms with Gasteiger partial charge < -0.3 is 10.2 Å². The van der Waals surface area contributed by atoms with Crippen LogP contribution in [0.2, 0.25) is 0 Å². The molecule has 0 saturated carbocycles. The van der Waals surface area contributed by atoms with Crippen molar-refractivity contribution in [1.82, 2.24) is 10.2 Å². The predicted octanol–water partition coefficient (Wildman–Crippen LogP) is 2.09. The van der Waals surface area contributed by atoms with E-state index in [0.717, 1.165) is 4.47 Å². The summed E-state index contributed by atoms with van der Waals surface area (Å²) in [6.45, 7) is 4.47. The SMILES string of the molecule is CC1(C)C(=O)NCCN1C(=O)c1ccc(Br)cc1S. The first-order chi connectivity index (χ1) is 8.84. The van der Waals surface area contributed by atoms with Crippen LogP contribution in [0, 0.1) is 0 Å². The highest BCUT2D eigenvalue weighted by Gasteiger charge is 2.40. The van der Waals surface area contributed by atoms with E-state index in [2.05, 4.69) is 33.9 Å². The number of carbonyl (C=O) groups is 2. The van der Waals surface area contributed by atoms with Gasteiger partial charge in [0.2, 0.25) is 5.91 Å². The van der Waals surface area contributed by atoms with Crippen molar-refractivity contribution in [2.75, 3.05) is 13.1 Å². The van der Waals surface area contributed by atoms with Crippen molar-refractivity contribution in [1.29, 1.82) is 0 Å². The fourth-order valence-corrected chi connectivity index (χ4v) is 2.93. The lowest BCUT2D eigenvalue weighted by Gasteiger charge is -2.41. The van der Waals surface area contributed by atoms with Crippen molar-refractivity contribution in [3.05, 3.63) is 28.2 Å². The van der Waals surface area contributed by atoms with E-state index in [1.165, 1.54) is 0 Å². The molecule has 0 aliphatic carbocycles. The first kappa shape index (κ1) is 14.4. The van der Waals surface area contributed by atoms with Crippen molar-refractivity contribution in [3.63, 3.8) is 0 Å². The van der Waals surface area contributed by atoms with Crippen LogP contribution in [0.25, 0.3) is 0 Å². The van der Waals surface area contributed by atoms with E-state index in [-0.39, 0.29) is 11.8 Å². The van der Waals surface area contributed by atoms with Crippen LogP contribution in [0.4, 0.5) is 0 Å². The molecule has 1 aliphatic heterocycles. The molecule has 1 aromatic rings. The molecule has 0 atom stereocenters. The smallest absolute Gasteiger partial charge is 0.255 e. The number of amides is 2. The summed E-state index contributed by atoms with van der Waals surface area (Å²) in [5.41, 5.74) is -0.336. The van der Waals surface area contributed by atoms with Gasteiger partial charge in [0.25, 0.3) is 5.91 Å². The Labute approximate surface area is 126 Å². The summed E-state index contributed by atoms with van der Waals surface area (Å²) in [6.07, 6.45) is 0. The second-order valence-electron chi connectivity index (χ2n) is 4.93. The number of rotatable bonds is 1. The average molecular weight is 343 g/mol. The monoisotopic (exact) mass is 342 g/mol. The van der Waals surface area contributed by atoms with Gasteiger partial charge in [0.15, 0.2) is 0 Å². The Morgan fingerprint density at radius 1 is 1.47 bits per heavy atom. The number of halogens is 1. The summed E-state index contributed by atoms with van der Waals surface area (Å²) in [4.78, 5) is 26.6. The standard InChI is InChI=1S/C13H15BrN2O2S/c1-13(2)12(18)15-5-6-16(13)11(17)9-4-3-8(14)7-10(9)19/h3-4,7,19H,5-6H2,1-2H3,(H,15,18). The molecule has 102 valence electrons. The van der Waals surface area contributed by atoms with Crippen molar-refractivity contribution in [2.24, 2.45) is 0 Å². The van der Waals surface area contributed by atoms with E-state index in [1.807, 2.05) is 0 Å². The molecule has 1 fully saturated rings. The third-order valence-electron chi connectivity index (χ3n) is 3.29. The molecule has 2 amide bonds. The molecule has 6 heteroatoms. The summed E-state index contributed by atoms with van der Waals surface area (Å²) >= 11 is 7.66. The maximum absolute atomic E-state index is 12.6. The van der Waals surface area contributed by atoms with E-state index in [0.29, 0.717) is 23.5 Å². The molecule has 1 saturated heterocycles. The molecule has 4 nitrogen and oxygen atoms in total. The molecule has 19 heavy (non-hydrogen) atoms. The number of hydrogen-bond acceptors (Lipinski definition) is 3. The lowest BCUT2D eigenvalue weighted by molar-refractivity contribution is -0.133. The third-order valence-corrected chi connectivity index (χ3v) is 4.15. The van der Waals surface area contributed by atoms with E-state index in [4.69, 9.17) is 0 Å². The van der Waals surface area contributed by atoms with Crippen molar-refractivity contribution in [2.45, 2.75) is 24.3 Å². The zero-order valence-corrected chi connectivity index (χ0v) is 13.2. The highest BCUT2D eigenvalue weighted by molar-refractivity contribution is 9.10. The quantitative estimate of drug-likeness (QED) is 0.767. The van der Waals surface area contributed by atoms with Crippen LogP contribution in [-0.4, -0.2) is 35.3 Å². The van der Waals surface area contributed by atoms with E-state index in [9.17, 15) is 9.59 Å². The minimum atomic E-state index is -0.845. The van der Waals surface area contributed by atoms with Gasteiger partial charge in [-0.05, 0) is 32.0 Å². The van der Waals surface area contributed by atoms with E-state index < -0.39 is 5.54 Å². The summed E-state index contributed by atoms with van der Waals surface area (Å²) < 4.78 is 0.865. The molecule has 1 aliphatic rings. The molecule has 0 bridgehead atoms. The second-order valence-corrected chi connectivity index (χ2v) is 6.33. The van der Waals surface area contributed by atoms with Crippen LogP contribution in [0.1, 0.15) is 24.2 Å². The minimum absolute atomic E-state index is 0.134. The maximum Gasteiger partial charge on any atom is 0.255 e. The van der Waals surface area contributed by atoms with Crippen LogP contribution in [0.5, 0.6) is 0 Å². The fourth-order valence-electron chi connectivity index (χ4n) is 2.09. The maximum atomic E-state index is 12.6. The van der Waals surface area contributed by atoms with Crippen LogP contribution >= 0.6 is 28.6 Å². The molecule has 0 unspecified atom stereocenters. The highest BCUT2D eigenvalue weighted by atomic mass is 79.9. The average Bonchev–Trinajstić information content (AvgIpc) is 2.32. The van der Waals surface area contributed by atoms with E-state index >= 15 is 0 Å². The Balaban J connectivity index is 2.35. The minimum Gasteiger partial charge on any atom is -0.352 e. The Bertz CT molecular complexity index is 545. The molecule has 1 aromatic carbocycles. The summed E-state index contributed by atoms with van der Waals surface area (Å²) in [5.74, 6) is -0.303. The van der Waals surface area contributed by atoms with Gasteiger partial charge in [-0.25, -0.2) is 0 Å². The summed E-state index contributed by atoms with van der Waals surface area (Å²) in [6, 6.07) is 5.29. The Hall–Kier alpha value is -1.01. The third kappa shape index (κ3) is 2.65. The molecule has 0 radical (unpaired) electrons. The molecule has 1 N–H and O–H groups in total. The van der Waals surface area contributed by atoms with Crippen molar-refractivity contribution in [3.8, 4) is 0 Å². The largest absolute Gasteiger partial charge is 0.352 e. The van der Waals surface area contributed by atoms with Crippen LogP contribution < -0.4 is 5.32 Å². The van der Waals surface area contributed by atoms with Crippen molar-refractivity contribution >= 4 is 40.4 Å². The fraction of sp³-hybridized carbons (Fsp3) is 0.385. The molecule has 0 spiro atoms. The van der Waals surface area contributed by atoms with Crippen LogP contribution in [0.15, 0.2) is 27.6 Å².